The van der Waals surface area contributed by atoms with Crippen LogP contribution in [-0.4, -0.2) is 23.9 Å². The van der Waals surface area contributed by atoms with Gasteiger partial charge in [0.1, 0.15) is 5.82 Å². The zero-order valence-corrected chi connectivity index (χ0v) is 10.0. The molecule has 2 rings (SSSR count). The first-order valence-corrected chi connectivity index (χ1v) is 5.80. The van der Waals surface area contributed by atoms with E-state index in [1.165, 1.54) is 4.90 Å². The minimum absolute atomic E-state index is 0.0131. The Morgan fingerprint density at radius 2 is 2.00 bits per heavy atom. The van der Waals surface area contributed by atoms with Crippen LogP contribution in [0, 0.1) is 17.5 Å². The normalized spacial score (nSPS) is 17.1. The van der Waals surface area contributed by atoms with E-state index in [0.717, 1.165) is 25.3 Å². The fourth-order valence-corrected chi connectivity index (χ4v) is 2.44. The molecule has 0 radical (unpaired) electrons. The van der Waals surface area contributed by atoms with E-state index in [9.17, 15) is 18.0 Å². The zero-order chi connectivity index (χ0) is 13.3. The topological polar surface area (TPSA) is 20.3 Å². The Hall–Kier alpha value is -1.52. The minimum Gasteiger partial charge on any atom is -0.342 e. The van der Waals surface area contributed by atoms with Gasteiger partial charge in [-0.15, -0.1) is 0 Å². The fourth-order valence-electron chi connectivity index (χ4n) is 2.44. The quantitative estimate of drug-likeness (QED) is 0.600. The first kappa shape index (κ1) is 12.9. The van der Waals surface area contributed by atoms with Crippen molar-refractivity contribution >= 4 is 6.41 Å². The lowest BCUT2D eigenvalue weighted by atomic mass is 9.71. The highest BCUT2D eigenvalue weighted by atomic mass is 19.2. The molecule has 1 aromatic carbocycles. The van der Waals surface area contributed by atoms with Gasteiger partial charge < -0.3 is 4.90 Å². The van der Waals surface area contributed by atoms with Crippen molar-refractivity contribution in [3.05, 3.63) is 35.1 Å². The van der Waals surface area contributed by atoms with Crippen LogP contribution in [-0.2, 0) is 11.2 Å². The van der Waals surface area contributed by atoms with Gasteiger partial charge in [-0.2, -0.15) is 0 Å². The summed E-state index contributed by atoms with van der Waals surface area (Å²) >= 11 is 0. The Balaban J connectivity index is 2.30. The van der Waals surface area contributed by atoms with E-state index >= 15 is 0 Å². The molecular formula is C13H14F3NO. The number of benzene rings is 1. The molecule has 0 heterocycles. The zero-order valence-electron chi connectivity index (χ0n) is 10.0. The number of hydrogen-bond donors (Lipinski definition) is 0. The first-order chi connectivity index (χ1) is 8.48. The lowest BCUT2D eigenvalue weighted by Crippen LogP contribution is -2.53. The number of halogens is 3. The van der Waals surface area contributed by atoms with Gasteiger partial charge in [0.2, 0.25) is 6.41 Å². The molecule has 0 saturated heterocycles. The second-order valence-corrected chi connectivity index (χ2v) is 4.83. The van der Waals surface area contributed by atoms with Crippen molar-refractivity contribution in [2.24, 2.45) is 0 Å². The summed E-state index contributed by atoms with van der Waals surface area (Å²) in [6.45, 7) is 0. The average molecular weight is 257 g/mol. The van der Waals surface area contributed by atoms with Crippen LogP contribution in [0.4, 0.5) is 13.2 Å². The highest BCUT2D eigenvalue weighted by molar-refractivity contribution is 5.49. The smallest absolute Gasteiger partial charge is 0.209 e. The summed E-state index contributed by atoms with van der Waals surface area (Å²) in [7, 11) is 1.61. The molecule has 0 aliphatic heterocycles. The summed E-state index contributed by atoms with van der Waals surface area (Å²) in [5.41, 5.74) is -0.510. The van der Waals surface area contributed by atoms with Gasteiger partial charge in [0.05, 0.1) is 0 Å². The van der Waals surface area contributed by atoms with Crippen LogP contribution >= 0.6 is 0 Å². The van der Waals surface area contributed by atoms with E-state index in [4.69, 9.17) is 0 Å². The van der Waals surface area contributed by atoms with Crippen LogP contribution in [0.3, 0.4) is 0 Å². The third kappa shape index (κ3) is 2.09. The van der Waals surface area contributed by atoms with Crippen molar-refractivity contribution < 1.29 is 18.0 Å². The lowest BCUT2D eigenvalue weighted by molar-refractivity contribution is -0.125. The summed E-state index contributed by atoms with van der Waals surface area (Å²) in [6.07, 6.45) is 3.19. The van der Waals surface area contributed by atoms with Crippen LogP contribution in [0.15, 0.2) is 12.1 Å². The van der Waals surface area contributed by atoms with Crippen LogP contribution in [0.25, 0.3) is 0 Å². The van der Waals surface area contributed by atoms with E-state index in [2.05, 4.69) is 0 Å². The van der Waals surface area contributed by atoms with E-state index in [-0.39, 0.29) is 12.0 Å². The average Bonchev–Trinajstić information content (AvgIpc) is 2.28. The maximum absolute atomic E-state index is 13.6. The van der Waals surface area contributed by atoms with Gasteiger partial charge in [0.25, 0.3) is 0 Å². The Morgan fingerprint density at radius 3 is 2.50 bits per heavy atom. The number of carbonyl (C=O) groups excluding carboxylic acids is 1. The summed E-state index contributed by atoms with van der Waals surface area (Å²) < 4.78 is 39.8. The standard InChI is InChI=1S/C13H14F3NO/c1-17(8-18)13(3-2-4-13)7-9-5-10(14)6-11(15)12(9)16/h5-6,8H,2-4,7H2,1H3. The van der Waals surface area contributed by atoms with Gasteiger partial charge in [-0.3, -0.25) is 4.79 Å². The van der Waals surface area contributed by atoms with E-state index in [1.54, 1.807) is 7.05 Å². The Labute approximate surface area is 103 Å². The first-order valence-electron chi connectivity index (χ1n) is 5.80. The molecule has 1 amide bonds. The molecule has 1 saturated carbocycles. The molecule has 0 N–H and O–H groups in total. The summed E-state index contributed by atoms with van der Waals surface area (Å²) in [5, 5.41) is 0. The van der Waals surface area contributed by atoms with Crippen molar-refractivity contribution in [1.82, 2.24) is 4.90 Å². The van der Waals surface area contributed by atoms with Crippen molar-refractivity contribution in [3.63, 3.8) is 0 Å². The predicted molar refractivity (Wildman–Crippen MR) is 60.4 cm³/mol. The largest absolute Gasteiger partial charge is 0.342 e. The van der Waals surface area contributed by atoms with Crippen molar-refractivity contribution in [2.75, 3.05) is 7.05 Å². The number of rotatable bonds is 4. The second-order valence-electron chi connectivity index (χ2n) is 4.83. The lowest BCUT2D eigenvalue weighted by Gasteiger charge is -2.47. The van der Waals surface area contributed by atoms with Gasteiger partial charge in [-0.25, -0.2) is 13.2 Å². The fraction of sp³-hybridized carbons (Fsp3) is 0.462. The molecule has 98 valence electrons. The SMILES string of the molecule is CN(C=O)C1(Cc2cc(F)cc(F)c2F)CCC1. The predicted octanol–water partition coefficient (Wildman–Crippen LogP) is 2.66. The number of carbonyl (C=O) groups is 1. The molecule has 2 nitrogen and oxygen atoms in total. The van der Waals surface area contributed by atoms with Crippen LogP contribution in [0.2, 0.25) is 0 Å². The Morgan fingerprint density at radius 1 is 1.33 bits per heavy atom. The highest BCUT2D eigenvalue weighted by Crippen LogP contribution is 2.39. The Kier molecular flexibility index (Phi) is 3.32. The van der Waals surface area contributed by atoms with E-state index < -0.39 is 23.0 Å². The molecule has 0 bridgehead atoms. The number of hydrogen-bond acceptors (Lipinski definition) is 1. The molecular weight excluding hydrogens is 243 g/mol. The van der Waals surface area contributed by atoms with Gasteiger partial charge in [0, 0.05) is 18.7 Å². The maximum Gasteiger partial charge on any atom is 0.209 e. The summed E-state index contributed by atoms with van der Waals surface area (Å²) in [4.78, 5) is 12.3. The number of nitrogens with zero attached hydrogens (tertiary/aromatic N) is 1. The molecule has 18 heavy (non-hydrogen) atoms. The van der Waals surface area contributed by atoms with Gasteiger partial charge in [-0.05, 0) is 37.3 Å². The number of likely N-dealkylation sites (N-methyl/N-ethyl adjacent to an activating group) is 1. The molecule has 0 spiro atoms. The van der Waals surface area contributed by atoms with Crippen molar-refractivity contribution in [3.8, 4) is 0 Å². The molecule has 1 aliphatic carbocycles. The van der Waals surface area contributed by atoms with Gasteiger partial charge in [0.15, 0.2) is 11.6 Å². The molecule has 1 fully saturated rings. The van der Waals surface area contributed by atoms with Crippen molar-refractivity contribution in [2.45, 2.75) is 31.2 Å². The number of amides is 1. The maximum atomic E-state index is 13.6. The van der Waals surface area contributed by atoms with E-state index in [0.29, 0.717) is 12.5 Å². The third-order valence-electron chi connectivity index (χ3n) is 3.78. The van der Waals surface area contributed by atoms with Crippen LogP contribution in [0.1, 0.15) is 24.8 Å². The highest BCUT2D eigenvalue weighted by Gasteiger charge is 2.41. The molecule has 0 unspecified atom stereocenters. The molecule has 5 heteroatoms. The van der Waals surface area contributed by atoms with Gasteiger partial charge in [-0.1, -0.05) is 0 Å². The summed E-state index contributed by atoms with van der Waals surface area (Å²) in [6, 6.07) is 1.52. The van der Waals surface area contributed by atoms with Crippen molar-refractivity contribution in [1.29, 1.82) is 0 Å². The molecule has 1 aromatic rings. The van der Waals surface area contributed by atoms with E-state index in [1.807, 2.05) is 0 Å². The van der Waals surface area contributed by atoms with Crippen LogP contribution in [0.5, 0.6) is 0 Å². The second kappa shape index (κ2) is 4.63. The molecule has 1 aliphatic rings. The Bertz CT molecular complexity index is 472. The monoisotopic (exact) mass is 257 g/mol. The molecule has 0 atom stereocenters. The third-order valence-corrected chi connectivity index (χ3v) is 3.78. The minimum atomic E-state index is -1.19. The van der Waals surface area contributed by atoms with Gasteiger partial charge >= 0.3 is 0 Å². The van der Waals surface area contributed by atoms with Crippen LogP contribution < -0.4 is 0 Å². The molecule has 0 aromatic heterocycles. The summed E-state index contributed by atoms with van der Waals surface area (Å²) in [5.74, 6) is -3.01.